The van der Waals surface area contributed by atoms with Crippen molar-refractivity contribution in [2.75, 3.05) is 5.75 Å². The van der Waals surface area contributed by atoms with Crippen LogP contribution in [0.4, 0.5) is 0 Å². The molecule has 1 N–H and O–H groups in total. The minimum absolute atomic E-state index is 0.0491. The van der Waals surface area contributed by atoms with Crippen LogP contribution in [0.15, 0.2) is 59.5 Å². The summed E-state index contributed by atoms with van der Waals surface area (Å²) < 4.78 is 0. The first-order chi connectivity index (χ1) is 13.2. The van der Waals surface area contributed by atoms with Crippen molar-refractivity contribution < 1.29 is 9.59 Å². The highest BCUT2D eigenvalue weighted by atomic mass is 32.2. The zero-order chi connectivity index (χ0) is 20.7. The van der Waals surface area contributed by atoms with Gasteiger partial charge in [0.1, 0.15) is 6.04 Å². The summed E-state index contributed by atoms with van der Waals surface area (Å²) in [5, 5.41) is 2.99. The van der Waals surface area contributed by atoms with E-state index in [2.05, 4.69) is 11.4 Å². The molecule has 2 amide bonds. The average Bonchev–Trinajstić information content (AvgIpc) is 2.63. The van der Waals surface area contributed by atoms with Gasteiger partial charge in [0.15, 0.2) is 0 Å². The van der Waals surface area contributed by atoms with E-state index in [-0.39, 0.29) is 17.4 Å². The molecule has 2 aromatic rings. The van der Waals surface area contributed by atoms with Gasteiger partial charge in [-0.15, -0.1) is 11.8 Å². The number of benzene rings is 2. The SMILES string of the molecule is Cc1cccc(CN(C(=O)CSc2ccccc2)[C@@H](C)C(=O)NC(C)(C)C)c1. The summed E-state index contributed by atoms with van der Waals surface area (Å²) in [4.78, 5) is 28.5. The number of thioether (sulfide) groups is 1. The molecule has 0 bridgehead atoms. The first-order valence-corrected chi connectivity index (χ1v) is 10.5. The Morgan fingerprint density at radius 1 is 1.07 bits per heavy atom. The standard InChI is InChI=1S/C23H30N2O2S/c1-17-10-9-11-19(14-17)15-25(18(2)22(27)24-23(3,4)5)21(26)16-28-20-12-7-6-8-13-20/h6-14,18H,15-16H2,1-5H3,(H,24,27)/t18-/m0/s1. The Hall–Kier alpha value is -2.27. The number of rotatable bonds is 7. The van der Waals surface area contributed by atoms with Gasteiger partial charge < -0.3 is 10.2 Å². The van der Waals surface area contributed by atoms with E-state index in [1.807, 2.05) is 76.2 Å². The second kappa shape index (κ2) is 9.78. The Morgan fingerprint density at radius 3 is 2.36 bits per heavy atom. The summed E-state index contributed by atoms with van der Waals surface area (Å²) >= 11 is 1.49. The van der Waals surface area contributed by atoms with Crippen molar-refractivity contribution in [3.05, 3.63) is 65.7 Å². The predicted molar refractivity (Wildman–Crippen MR) is 116 cm³/mol. The van der Waals surface area contributed by atoms with Gasteiger partial charge in [-0.2, -0.15) is 0 Å². The molecule has 0 aliphatic carbocycles. The van der Waals surface area contributed by atoms with E-state index in [1.165, 1.54) is 11.8 Å². The second-order valence-electron chi connectivity index (χ2n) is 8.03. The molecule has 150 valence electrons. The van der Waals surface area contributed by atoms with E-state index in [4.69, 9.17) is 0 Å². The van der Waals surface area contributed by atoms with E-state index in [9.17, 15) is 9.59 Å². The molecule has 0 radical (unpaired) electrons. The number of aryl methyl sites for hydroxylation is 1. The molecule has 2 rings (SSSR count). The van der Waals surface area contributed by atoms with Crippen molar-refractivity contribution in [2.24, 2.45) is 0 Å². The van der Waals surface area contributed by atoms with E-state index in [0.717, 1.165) is 16.0 Å². The van der Waals surface area contributed by atoms with Crippen molar-refractivity contribution in [1.29, 1.82) is 0 Å². The fourth-order valence-electron chi connectivity index (χ4n) is 2.81. The van der Waals surface area contributed by atoms with Gasteiger partial charge in [0, 0.05) is 17.0 Å². The lowest BCUT2D eigenvalue weighted by Gasteiger charge is -2.31. The first-order valence-electron chi connectivity index (χ1n) is 9.50. The summed E-state index contributed by atoms with van der Waals surface area (Å²) in [5.74, 6) is 0.105. The fourth-order valence-corrected chi connectivity index (χ4v) is 3.61. The zero-order valence-electron chi connectivity index (χ0n) is 17.4. The molecule has 5 heteroatoms. The van der Waals surface area contributed by atoms with Crippen LogP contribution in [0.5, 0.6) is 0 Å². The fraction of sp³-hybridized carbons (Fsp3) is 0.391. The smallest absolute Gasteiger partial charge is 0.242 e. The third-order valence-corrected chi connectivity index (χ3v) is 5.20. The third-order valence-electron chi connectivity index (χ3n) is 4.21. The normalized spacial score (nSPS) is 12.3. The highest BCUT2D eigenvalue weighted by Crippen LogP contribution is 2.20. The minimum Gasteiger partial charge on any atom is -0.350 e. The van der Waals surface area contributed by atoms with Crippen LogP contribution in [-0.2, 0) is 16.1 Å². The Bertz CT molecular complexity index is 800. The van der Waals surface area contributed by atoms with Crippen molar-refractivity contribution in [1.82, 2.24) is 10.2 Å². The van der Waals surface area contributed by atoms with E-state index < -0.39 is 6.04 Å². The van der Waals surface area contributed by atoms with Crippen LogP contribution in [0.3, 0.4) is 0 Å². The summed E-state index contributed by atoms with van der Waals surface area (Å²) in [6.07, 6.45) is 0. The van der Waals surface area contributed by atoms with Crippen molar-refractivity contribution >= 4 is 23.6 Å². The molecular formula is C23H30N2O2S. The molecule has 0 saturated carbocycles. The molecule has 0 aliphatic rings. The first kappa shape index (κ1) is 22.0. The Morgan fingerprint density at radius 2 is 1.75 bits per heavy atom. The van der Waals surface area contributed by atoms with Crippen molar-refractivity contribution in [3.8, 4) is 0 Å². The number of nitrogens with zero attached hydrogens (tertiary/aromatic N) is 1. The van der Waals surface area contributed by atoms with Gasteiger partial charge in [-0.1, -0.05) is 48.0 Å². The summed E-state index contributed by atoms with van der Waals surface area (Å²) in [6.45, 7) is 10.0. The van der Waals surface area contributed by atoms with E-state index in [0.29, 0.717) is 12.3 Å². The topological polar surface area (TPSA) is 49.4 Å². The van der Waals surface area contributed by atoms with E-state index >= 15 is 0 Å². The third kappa shape index (κ3) is 7.04. The van der Waals surface area contributed by atoms with Gasteiger partial charge in [-0.05, 0) is 52.3 Å². The van der Waals surface area contributed by atoms with Crippen LogP contribution in [0.2, 0.25) is 0 Å². The molecular weight excluding hydrogens is 368 g/mol. The Labute approximate surface area is 172 Å². The molecule has 0 aliphatic heterocycles. The molecule has 0 spiro atoms. The van der Waals surface area contributed by atoms with Crippen LogP contribution < -0.4 is 5.32 Å². The average molecular weight is 399 g/mol. The van der Waals surface area contributed by atoms with Gasteiger partial charge in [0.25, 0.3) is 0 Å². The number of carbonyl (C=O) groups is 2. The summed E-state index contributed by atoms with van der Waals surface area (Å²) in [5.41, 5.74) is 1.81. The lowest BCUT2D eigenvalue weighted by molar-refractivity contribution is -0.139. The molecule has 0 unspecified atom stereocenters. The number of hydrogen-bond acceptors (Lipinski definition) is 3. The molecule has 0 heterocycles. The maximum Gasteiger partial charge on any atom is 0.242 e. The van der Waals surface area contributed by atoms with Gasteiger partial charge in [0.05, 0.1) is 5.75 Å². The highest BCUT2D eigenvalue weighted by molar-refractivity contribution is 8.00. The van der Waals surface area contributed by atoms with Gasteiger partial charge in [-0.3, -0.25) is 9.59 Å². The van der Waals surface area contributed by atoms with Crippen LogP contribution in [0.1, 0.15) is 38.8 Å². The Kier molecular flexibility index (Phi) is 7.69. The molecule has 0 fully saturated rings. The van der Waals surface area contributed by atoms with Crippen LogP contribution in [-0.4, -0.2) is 34.0 Å². The number of hydrogen-bond donors (Lipinski definition) is 1. The lowest BCUT2D eigenvalue weighted by Crippen LogP contribution is -2.52. The van der Waals surface area contributed by atoms with Gasteiger partial charge in [0.2, 0.25) is 11.8 Å². The zero-order valence-corrected chi connectivity index (χ0v) is 18.2. The monoisotopic (exact) mass is 398 g/mol. The largest absolute Gasteiger partial charge is 0.350 e. The van der Waals surface area contributed by atoms with Crippen LogP contribution in [0, 0.1) is 6.92 Å². The second-order valence-corrected chi connectivity index (χ2v) is 9.08. The minimum atomic E-state index is -0.552. The Balaban J connectivity index is 2.16. The lowest BCUT2D eigenvalue weighted by atomic mass is 10.1. The molecule has 2 aromatic carbocycles. The predicted octanol–water partition coefficient (Wildman–Crippen LogP) is 4.42. The van der Waals surface area contributed by atoms with Gasteiger partial charge >= 0.3 is 0 Å². The molecule has 4 nitrogen and oxygen atoms in total. The number of amides is 2. The van der Waals surface area contributed by atoms with E-state index in [1.54, 1.807) is 11.8 Å². The van der Waals surface area contributed by atoms with Crippen molar-refractivity contribution in [2.45, 2.75) is 57.6 Å². The molecule has 0 aromatic heterocycles. The quantitative estimate of drug-likeness (QED) is 0.703. The number of nitrogens with one attached hydrogen (secondary N) is 1. The molecule has 0 saturated heterocycles. The maximum absolute atomic E-state index is 13.0. The molecule has 1 atom stereocenters. The highest BCUT2D eigenvalue weighted by Gasteiger charge is 2.28. The summed E-state index contributed by atoms with van der Waals surface area (Å²) in [6, 6.07) is 17.3. The van der Waals surface area contributed by atoms with Crippen LogP contribution >= 0.6 is 11.8 Å². The maximum atomic E-state index is 13.0. The van der Waals surface area contributed by atoms with Crippen LogP contribution in [0.25, 0.3) is 0 Å². The van der Waals surface area contributed by atoms with Gasteiger partial charge in [-0.25, -0.2) is 0 Å². The number of carbonyl (C=O) groups excluding carboxylic acids is 2. The van der Waals surface area contributed by atoms with Crippen molar-refractivity contribution in [3.63, 3.8) is 0 Å². The summed E-state index contributed by atoms with van der Waals surface area (Å²) in [7, 11) is 0. The molecule has 28 heavy (non-hydrogen) atoms.